The number of hydrogen-bond donors (Lipinski definition) is 2. The van der Waals surface area contributed by atoms with Crippen molar-refractivity contribution >= 4 is 44.7 Å². The molecule has 154 valence electrons. The quantitative estimate of drug-likeness (QED) is 0.493. The number of rotatable bonds is 8. The van der Waals surface area contributed by atoms with Crippen molar-refractivity contribution in [2.75, 3.05) is 11.9 Å². The van der Waals surface area contributed by atoms with Gasteiger partial charge in [-0.15, -0.1) is 11.3 Å². The highest BCUT2D eigenvalue weighted by Gasteiger charge is 2.14. The number of anilines is 1. The van der Waals surface area contributed by atoms with Gasteiger partial charge in [-0.1, -0.05) is 11.8 Å². The average molecular weight is 459 g/mol. The van der Waals surface area contributed by atoms with Crippen LogP contribution in [0.4, 0.5) is 5.69 Å². The summed E-state index contributed by atoms with van der Waals surface area (Å²) in [7, 11) is -3.70. The summed E-state index contributed by atoms with van der Waals surface area (Å²) in [6, 6.07) is 14.9. The molecule has 0 spiro atoms. The smallest absolute Gasteiger partial charge is 0.255 e. The number of carbonyl (C=O) groups is 1. The van der Waals surface area contributed by atoms with Crippen LogP contribution in [0.2, 0.25) is 0 Å². The third kappa shape index (κ3) is 5.90. The molecule has 0 radical (unpaired) electrons. The lowest BCUT2D eigenvalue weighted by Crippen LogP contribution is -2.24. The van der Waals surface area contributed by atoms with Gasteiger partial charge in [-0.3, -0.25) is 4.79 Å². The number of benzene rings is 2. The lowest BCUT2D eigenvalue weighted by molar-refractivity contribution is 0.102. The van der Waals surface area contributed by atoms with Crippen LogP contribution in [0.1, 0.15) is 22.5 Å². The zero-order valence-corrected chi connectivity index (χ0v) is 18.4. The van der Waals surface area contributed by atoms with E-state index in [1.165, 1.54) is 24.3 Å². The molecule has 2 aromatic carbocycles. The van der Waals surface area contributed by atoms with Crippen LogP contribution in [-0.4, -0.2) is 25.9 Å². The molecule has 1 heterocycles. The van der Waals surface area contributed by atoms with Crippen molar-refractivity contribution in [3.8, 4) is 6.07 Å². The number of thiazole rings is 1. The van der Waals surface area contributed by atoms with Gasteiger partial charge in [0.05, 0.1) is 11.0 Å². The fraction of sp³-hybridized carbons (Fsp3) is 0.150. The Morgan fingerprint density at radius 1 is 1.17 bits per heavy atom. The summed E-state index contributed by atoms with van der Waals surface area (Å²) in [6.45, 7) is 1.99. The molecule has 2 N–H and O–H groups in total. The Bertz CT molecular complexity index is 1170. The normalized spacial score (nSPS) is 11.1. The summed E-state index contributed by atoms with van der Waals surface area (Å²) in [5, 5.41) is 13.3. The van der Waals surface area contributed by atoms with Crippen LogP contribution in [0.5, 0.6) is 0 Å². The molecule has 0 unspecified atom stereocenters. The van der Waals surface area contributed by atoms with Gasteiger partial charge in [0.1, 0.15) is 0 Å². The van der Waals surface area contributed by atoms with Crippen molar-refractivity contribution in [2.45, 2.75) is 27.5 Å². The topological polar surface area (TPSA) is 112 Å². The van der Waals surface area contributed by atoms with Gasteiger partial charge < -0.3 is 5.32 Å². The van der Waals surface area contributed by atoms with Crippen LogP contribution in [0.25, 0.3) is 0 Å². The maximum atomic E-state index is 12.4. The number of nitriles is 1. The molecule has 0 fully saturated rings. The molecular weight excluding hydrogens is 440 g/mol. The van der Waals surface area contributed by atoms with Crippen LogP contribution >= 0.6 is 23.1 Å². The Balaban J connectivity index is 1.61. The molecule has 30 heavy (non-hydrogen) atoms. The van der Waals surface area contributed by atoms with Gasteiger partial charge in [0.25, 0.3) is 5.91 Å². The summed E-state index contributed by atoms with van der Waals surface area (Å²) < 4.78 is 27.5. The van der Waals surface area contributed by atoms with Crippen molar-refractivity contribution in [2.24, 2.45) is 0 Å². The minimum absolute atomic E-state index is 0.0378. The second-order valence-corrected chi connectivity index (χ2v) is 10.1. The van der Waals surface area contributed by atoms with E-state index in [4.69, 9.17) is 5.26 Å². The molecule has 3 aromatic rings. The molecule has 0 aliphatic heterocycles. The molecule has 1 amide bonds. The van der Waals surface area contributed by atoms with Crippen LogP contribution in [0, 0.1) is 18.3 Å². The second-order valence-electron chi connectivity index (χ2n) is 6.17. The van der Waals surface area contributed by atoms with Crippen molar-refractivity contribution < 1.29 is 13.2 Å². The number of aromatic nitrogens is 1. The van der Waals surface area contributed by atoms with Gasteiger partial charge in [-0.25, -0.2) is 18.1 Å². The lowest BCUT2D eigenvalue weighted by Gasteiger charge is -2.08. The van der Waals surface area contributed by atoms with Gasteiger partial charge in [-0.2, -0.15) is 5.26 Å². The molecule has 7 nitrogen and oxygen atoms in total. The Labute approximate surface area is 183 Å². The molecule has 0 saturated heterocycles. The highest BCUT2D eigenvalue weighted by Crippen LogP contribution is 2.30. The molecule has 0 aliphatic carbocycles. The van der Waals surface area contributed by atoms with Crippen molar-refractivity contribution in [1.82, 2.24) is 9.71 Å². The van der Waals surface area contributed by atoms with E-state index < -0.39 is 10.0 Å². The zero-order valence-electron chi connectivity index (χ0n) is 16.0. The summed E-state index contributed by atoms with van der Waals surface area (Å²) >= 11 is 3.14. The van der Waals surface area contributed by atoms with E-state index in [-0.39, 0.29) is 23.8 Å². The molecule has 1 aromatic heterocycles. The van der Waals surface area contributed by atoms with E-state index in [0.29, 0.717) is 11.3 Å². The molecule has 0 aliphatic rings. The largest absolute Gasteiger partial charge is 0.322 e. The third-order valence-corrected chi connectivity index (χ3v) is 7.41. The predicted molar refractivity (Wildman–Crippen MR) is 117 cm³/mol. The number of nitrogens with one attached hydrogen (secondary N) is 2. The van der Waals surface area contributed by atoms with Crippen LogP contribution < -0.4 is 10.0 Å². The van der Waals surface area contributed by atoms with Crippen LogP contribution in [0.15, 0.2) is 68.0 Å². The first-order chi connectivity index (χ1) is 14.4. The van der Waals surface area contributed by atoms with Crippen molar-refractivity contribution in [3.05, 3.63) is 65.2 Å². The Kier molecular flexibility index (Phi) is 7.23. The summed E-state index contributed by atoms with van der Waals surface area (Å²) in [5.74, 6) is -0.340. The first-order valence-corrected chi connectivity index (χ1v) is 12.0. The fourth-order valence-corrected chi connectivity index (χ4v) is 5.24. The van der Waals surface area contributed by atoms with Gasteiger partial charge in [0, 0.05) is 40.2 Å². The van der Waals surface area contributed by atoms with Crippen LogP contribution in [-0.2, 0) is 10.0 Å². The number of aryl methyl sites for hydroxylation is 1. The SMILES string of the molecule is Cc1csc(Sc2ccc(NC(=O)c3ccc(S(=O)(=O)NCCC#N)cc3)cc2)n1. The third-order valence-electron chi connectivity index (χ3n) is 3.87. The second kappa shape index (κ2) is 9.86. The average Bonchev–Trinajstić information content (AvgIpc) is 3.14. The molecular formula is C20H18N4O3S3. The van der Waals surface area contributed by atoms with E-state index in [1.54, 1.807) is 35.2 Å². The molecule has 3 rings (SSSR count). The predicted octanol–water partition coefficient (Wildman–Crippen LogP) is 4.05. The van der Waals surface area contributed by atoms with E-state index >= 15 is 0 Å². The number of amides is 1. The monoisotopic (exact) mass is 458 g/mol. The Morgan fingerprint density at radius 3 is 2.47 bits per heavy atom. The van der Waals surface area contributed by atoms with Gasteiger partial charge >= 0.3 is 0 Å². The summed E-state index contributed by atoms with van der Waals surface area (Å²) in [4.78, 5) is 17.9. The van der Waals surface area contributed by atoms with E-state index in [0.717, 1.165) is 14.9 Å². The highest BCUT2D eigenvalue weighted by molar-refractivity contribution is 8.01. The van der Waals surface area contributed by atoms with Gasteiger partial charge in [0.2, 0.25) is 10.0 Å². The van der Waals surface area contributed by atoms with E-state index in [1.807, 2.05) is 30.5 Å². The lowest BCUT2D eigenvalue weighted by atomic mass is 10.2. The zero-order chi connectivity index (χ0) is 21.6. The number of sulfonamides is 1. The summed E-state index contributed by atoms with van der Waals surface area (Å²) in [5.41, 5.74) is 1.96. The Hall–Kier alpha value is -2.71. The van der Waals surface area contributed by atoms with Crippen molar-refractivity contribution in [3.63, 3.8) is 0 Å². The van der Waals surface area contributed by atoms with Crippen LogP contribution in [0.3, 0.4) is 0 Å². The minimum atomic E-state index is -3.70. The fourth-order valence-electron chi connectivity index (χ4n) is 2.40. The van der Waals surface area contributed by atoms with E-state index in [9.17, 15) is 13.2 Å². The highest BCUT2D eigenvalue weighted by atomic mass is 32.2. The Morgan fingerprint density at radius 2 is 1.87 bits per heavy atom. The molecule has 0 saturated carbocycles. The van der Waals surface area contributed by atoms with Crippen molar-refractivity contribution in [1.29, 1.82) is 5.26 Å². The number of nitrogens with zero attached hydrogens (tertiary/aromatic N) is 2. The summed E-state index contributed by atoms with van der Waals surface area (Å²) in [6.07, 6.45) is 0.0838. The van der Waals surface area contributed by atoms with Gasteiger partial charge in [-0.05, 0) is 55.5 Å². The number of hydrogen-bond acceptors (Lipinski definition) is 7. The van der Waals surface area contributed by atoms with E-state index in [2.05, 4.69) is 15.0 Å². The standard InChI is InChI=1S/C20H18N4O3S3/c1-14-13-28-20(23-14)29-17-7-5-16(6-8-17)24-19(25)15-3-9-18(10-4-15)30(26,27)22-12-2-11-21/h3-10,13,22H,2,12H2,1H3,(H,24,25). The number of carbonyl (C=O) groups excluding carboxylic acids is 1. The molecule has 0 bridgehead atoms. The first-order valence-electron chi connectivity index (χ1n) is 8.85. The first kappa shape index (κ1) is 22.0. The van der Waals surface area contributed by atoms with Gasteiger partial charge in [0.15, 0.2) is 4.34 Å². The molecule has 0 atom stereocenters. The minimum Gasteiger partial charge on any atom is -0.322 e. The molecule has 10 heteroatoms. The maximum absolute atomic E-state index is 12.4. The maximum Gasteiger partial charge on any atom is 0.255 e.